The Bertz CT molecular complexity index is 377. The molecule has 2 nitrogen and oxygen atoms in total. The fraction of sp³-hybridized carbons (Fsp3) is 0.615. The van der Waals surface area contributed by atoms with Crippen LogP contribution in [0.4, 0.5) is 0 Å². The summed E-state index contributed by atoms with van der Waals surface area (Å²) in [5, 5.41) is 5.20. The molecular weight excluding hydrogens is 345 g/mol. The minimum absolute atomic E-state index is 0.115. The summed E-state index contributed by atoms with van der Waals surface area (Å²) in [7, 11) is 0. The van der Waals surface area contributed by atoms with E-state index in [1.807, 2.05) is 0 Å². The van der Waals surface area contributed by atoms with Gasteiger partial charge in [0, 0.05) is 11.4 Å². The molecule has 94 valence electrons. The van der Waals surface area contributed by atoms with Gasteiger partial charge in [-0.05, 0) is 53.5 Å². The number of fused-ring (bicyclic) bond motifs is 1. The summed E-state index contributed by atoms with van der Waals surface area (Å²) in [6.07, 6.45) is 5.61. The first-order chi connectivity index (χ1) is 8.33. The molecule has 2 rings (SSSR count). The fourth-order valence-electron chi connectivity index (χ4n) is 2.31. The highest BCUT2D eigenvalue weighted by molar-refractivity contribution is 14.1. The highest BCUT2D eigenvalue weighted by atomic mass is 127. The Kier molecular flexibility index (Phi) is 5.28. The number of carbonyl (C=O) groups excluding carboxylic acids is 1. The lowest BCUT2D eigenvalue weighted by molar-refractivity contribution is -0.122. The molecule has 1 unspecified atom stereocenters. The third kappa shape index (κ3) is 3.44. The summed E-state index contributed by atoms with van der Waals surface area (Å²) in [5.41, 5.74) is 1.28. The van der Waals surface area contributed by atoms with E-state index in [1.54, 1.807) is 11.3 Å². The van der Waals surface area contributed by atoms with Crippen molar-refractivity contribution in [3.05, 3.63) is 21.9 Å². The van der Waals surface area contributed by atoms with Gasteiger partial charge in [0.05, 0.1) is 5.92 Å². The lowest BCUT2D eigenvalue weighted by atomic mass is 9.87. The van der Waals surface area contributed by atoms with Gasteiger partial charge in [-0.25, -0.2) is 0 Å². The lowest BCUT2D eigenvalue weighted by Crippen LogP contribution is -2.31. The van der Waals surface area contributed by atoms with Crippen molar-refractivity contribution in [1.29, 1.82) is 0 Å². The minimum Gasteiger partial charge on any atom is -0.356 e. The molecular formula is C13H18INOS. The number of thiophene rings is 1. The van der Waals surface area contributed by atoms with Gasteiger partial charge in [-0.2, -0.15) is 0 Å². The quantitative estimate of drug-likeness (QED) is 0.484. The third-order valence-corrected chi connectivity index (χ3v) is 4.99. The monoisotopic (exact) mass is 363 g/mol. The largest absolute Gasteiger partial charge is 0.356 e. The predicted octanol–water partition coefficient (Wildman–Crippen LogP) is 3.50. The van der Waals surface area contributed by atoms with Gasteiger partial charge in [-0.3, -0.25) is 4.79 Å². The fourth-order valence-corrected chi connectivity index (χ4v) is 3.84. The molecule has 0 aromatic carbocycles. The van der Waals surface area contributed by atoms with Gasteiger partial charge in [0.15, 0.2) is 0 Å². The van der Waals surface area contributed by atoms with E-state index in [0.717, 1.165) is 32.2 Å². The predicted molar refractivity (Wildman–Crippen MR) is 81.1 cm³/mol. The number of alkyl halides is 1. The number of hydrogen-bond acceptors (Lipinski definition) is 2. The molecule has 0 saturated heterocycles. The average Bonchev–Trinajstić information content (AvgIpc) is 2.82. The van der Waals surface area contributed by atoms with Crippen molar-refractivity contribution < 1.29 is 4.79 Å². The zero-order valence-corrected chi connectivity index (χ0v) is 12.9. The van der Waals surface area contributed by atoms with E-state index < -0.39 is 0 Å². The van der Waals surface area contributed by atoms with Crippen LogP contribution in [0.5, 0.6) is 0 Å². The van der Waals surface area contributed by atoms with E-state index >= 15 is 0 Å². The smallest absolute Gasteiger partial charge is 0.227 e. The van der Waals surface area contributed by atoms with Crippen LogP contribution in [0.1, 0.15) is 42.0 Å². The molecule has 0 bridgehead atoms. The topological polar surface area (TPSA) is 29.1 Å². The Morgan fingerprint density at radius 2 is 2.41 bits per heavy atom. The molecule has 0 saturated carbocycles. The first kappa shape index (κ1) is 13.3. The first-order valence-corrected chi connectivity index (χ1v) is 8.63. The standard InChI is InChI=1S/C13H18INOS/c14-7-1-2-8-15-13(16)11-4-3-5-12-10(11)6-9-17-12/h6,9,11H,1-5,7-8H2,(H,15,16). The normalized spacial score (nSPS) is 18.8. The van der Waals surface area contributed by atoms with Crippen LogP contribution in [0.2, 0.25) is 0 Å². The van der Waals surface area contributed by atoms with Gasteiger partial charge in [0.1, 0.15) is 0 Å². The summed E-state index contributed by atoms with van der Waals surface area (Å²) in [5.74, 6) is 0.349. The number of nitrogens with one attached hydrogen (secondary N) is 1. The van der Waals surface area contributed by atoms with Gasteiger partial charge in [-0.15, -0.1) is 11.3 Å². The first-order valence-electron chi connectivity index (χ1n) is 6.23. The van der Waals surface area contributed by atoms with E-state index in [9.17, 15) is 4.79 Å². The molecule has 1 heterocycles. The third-order valence-electron chi connectivity index (χ3n) is 3.23. The maximum absolute atomic E-state index is 12.1. The number of aryl methyl sites for hydroxylation is 1. The molecule has 1 atom stereocenters. The number of carbonyl (C=O) groups is 1. The number of rotatable bonds is 5. The minimum atomic E-state index is 0.115. The van der Waals surface area contributed by atoms with E-state index in [0.29, 0.717) is 0 Å². The number of hydrogen-bond donors (Lipinski definition) is 1. The van der Waals surface area contributed by atoms with Crippen molar-refractivity contribution in [3.8, 4) is 0 Å². The van der Waals surface area contributed by atoms with Crippen LogP contribution >= 0.6 is 33.9 Å². The molecule has 1 aliphatic carbocycles. The van der Waals surface area contributed by atoms with E-state index in [4.69, 9.17) is 0 Å². The zero-order valence-electron chi connectivity index (χ0n) is 9.88. The molecule has 1 N–H and O–H groups in total. The molecule has 1 aliphatic rings. The Labute approximate surface area is 120 Å². The van der Waals surface area contributed by atoms with Crippen molar-refractivity contribution in [2.45, 2.75) is 38.0 Å². The van der Waals surface area contributed by atoms with Gasteiger partial charge < -0.3 is 5.32 Å². The average molecular weight is 363 g/mol. The maximum atomic E-state index is 12.1. The summed E-state index contributed by atoms with van der Waals surface area (Å²) in [6, 6.07) is 2.13. The van der Waals surface area contributed by atoms with Crippen LogP contribution in [-0.4, -0.2) is 16.9 Å². The molecule has 1 amide bonds. The van der Waals surface area contributed by atoms with Crippen LogP contribution in [-0.2, 0) is 11.2 Å². The van der Waals surface area contributed by atoms with Gasteiger partial charge in [0.25, 0.3) is 0 Å². The summed E-state index contributed by atoms with van der Waals surface area (Å²) in [4.78, 5) is 13.5. The Morgan fingerprint density at radius 3 is 3.24 bits per heavy atom. The molecule has 0 radical (unpaired) electrons. The lowest BCUT2D eigenvalue weighted by Gasteiger charge is -2.21. The SMILES string of the molecule is O=C(NCCCCI)C1CCCc2sccc21. The van der Waals surface area contributed by atoms with Crippen LogP contribution < -0.4 is 5.32 Å². The highest BCUT2D eigenvalue weighted by Gasteiger charge is 2.26. The second-order valence-corrected chi connectivity index (χ2v) is 6.51. The van der Waals surface area contributed by atoms with E-state index in [-0.39, 0.29) is 11.8 Å². The van der Waals surface area contributed by atoms with Gasteiger partial charge in [0.2, 0.25) is 5.91 Å². The van der Waals surface area contributed by atoms with Crippen LogP contribution in [0.15, 0.2) is 11.4 Å². The molecule has 1 aromatic heterocycles. The number of halogens is 1. The van der Waals surface area contributed by atoms with E-state index in [2.05, 4.69) is 39.4 Å². The Morgan fingerprint density at radius 1 is 1.53 bits per heavy atom. The molecule has 0 spiro atoms. The highest BCUT2D eigenvalue weighted by Crippen LogP contribution is 2.34. The van der Waals surface area contributed by atoms with Crippen LogP contribution in [0, 0.1) is 0 Å². The second kappa shape index (κ2) is 6.73. The summed E-state index contributed by atoms with van der Waals surface area (Å²) < 4.78 is 1.17. The molecule has 17 heavy (non-hydrogen) atoms. The molecule has 4 heteroatoms. The maximum Gasteiger partial charge on any atom is 0.227 e. The van der Waals surface area contributed by atoms with Crippen molar-refractivity contribution in [2.75, 3.05) is 11.0 Å². The van der Waals surface area contributed by atoms with Crippen molar-refractivity contribution in [2.24, 2.45) is 0 Å². The Balaban J connectivity index is 1.89. The number of unbranched alkanes of at least 4 members (excludes halogenated alkanes) is 1. The summed E-state index contributed by atoms with van der Waals surface area (Å²) in [6.45, 7) is 0.831. The zero-order chi connectivity index (χ0) is 12.1. The molecule has 0 aliphatic heterocycles. The molecule has 0 fully saturated rings. The second-order valence-electron chi connectivity index (χ2n) is 4.43. The molecule has 1 aromatic rings. The van der Waals surface area contributed by atoms with E-state index in [1.165, 1.54) is 21.3 Å². The van der Waals surface area contributed by atoms with Crippen LogP contribution in [0.3, 0.4) is 0 Å². The van der Waals surface area contributed by atoms with Crippen molar-refractivity contribution in [3.63, 3.8) is 0 Å². The number of amides is 1. The van der Waals surface area contributed by atoms with Crippen LogP contribution in [0.25, 0.3) is 0 Å². The summed E-state index contributed by atoms with van der Waals surface area (Å²) >= 11 is 4.17. The van der Waals surface area contributed by atoms with Gasteiger partial charge >= 0.3 is 0 Å². The van der Waals surface area contributed by atoms with Crippen molar-refractivity contribution in [1.82, 2.24) is 5.32 Å². The van der Waals surface area contributed by atoms with Gasteiger partial charge in [-0.1, -0.05) is 22.6 Å². The Hall–Kier alpha value is -0.100. The van der Waals surface area contributed by atoms with Crippen molar-refractivity contribution >= 4 is 39.8 Å².